The molecule has 0 aliphatic heterocycles. The van der Waals surface area contributed by atoms with Crippen LogP contribution in [0.4, 0.5) is 10.8 Å². The largest absolute Gasteiger partial charge is 0.874 e. The van der Waals surface area contributed by atoms with E-state index in [9.17, 15) is 19.5 Å². The van der Waals surface area contributed by atoms with Crippen molar-refractivity contribution < 1.29 is 29.3 Å². The van der Waals surface area contributed by atoms with Gasteiger partial charge in [-0.05, 0) is 26.0 Å². The summed E-state index contributed by atoms with van der Waals surface area (Å²) < 4.78 is 4.91. The van der Waals surface area contributed by atoms with Gasteiger partial charge in [0, 0.05) is 0 Å². The average Bonchev–Trinajstić information content (AvgIpc) is 3.02. The number of benzene rings is 1. The molecule has 11 heteroatoms. The Kier molecular flexibility index (Phi) is 7.15. The number of amides is 1. The molecule has 0 saturated heterocycles. The fraction of sp³-hybridized carbons (Fsp3) is 0.222. The topological polar surface area (TPSA) is 153 Å². The molecule has 1 amide bonds. The highest BCUT2D eigenvalue weighted by Crippen LogP contribution is 2.25. The van der Waals surface area contributed by atoms with Crippen LogP contribution in [0.2, 0.25) is 0 Å². The Hall–Kier alpha value is -3.60. The molecule has 29 heavy (non-hydrogen) atoms. The summed E-state index contributed by atoms with van der Waals surface area (Å²) in [7, 11) is 0. The number of nitrogens with one attached hydrogen (secondary N) is 1. The molecular weight excluding hydrogens is 400 g/mol. The van der Waals surface area contributed by atoms with E-state index in [1.807, 2.05) is 0 Å². The van der Waals surface area contributed by atoms with Crippen LogP contribution in [0.25, 0.3) is 0 Å². The number of thiazole rings is 1. The van der Waals surface area contributed by atoms with Gasteiger partial charge in [-0.1, -0.05) is 30.4 Å². The van der Waals surface area contributed by atoms with Crippen molar-refractivity contribution in [1.82, 2.24) is 4.98 Å². The predicted octanol–water partition coefficient (Wildman–Crippen LogP) is 2.64. The van der Waals surface area contributed by atoms with E-state index in [0.29, 0.717) is 5.69 Å². The normalized spacial score (nSPS) is 11.8. The number of aromatic carboxylic acids is 1. The SMILES string of the molecule is CCOC(=O)c1sc(NC(=O)/C(N=Nc2ccccc2C(=O)O)=C(\C)[O-])nc1C. The Labute approximate surface area is 169 Å². The van der Waals surface area contributed by atoms with Gasteiger partial charge in [0.05, 0.1) is 17.9 Å². The summed E-state index contributed by atoms with van der Waals surface area (Å²) in [6.07, 6.45) is 0. The average molecular weight is 417 g/mol. The second kappa shape index (κ2) is 9.55. The van der Waals surface area contributed by atoms with E-state index < -0.39 is 29.3 Å². The zero-order valence-corrected chi connectivity index (χ0v) is 16.6. The Morgan fingerprint density at radius 2 is 2.00 bits per heavy atom. The Morgan fingerprint density at radius 3 is 2.62 bits per heavy atom. The molecule has 0 saturated carbocycles. The van der Waals surface area contributed by atoms with Crippen LogP contribution < -0.4 is 10.4 Å². The highest BCUT2D eigenvalue weighted by atomic mass is 32.1. The summed E-state index contributed by atoms with van der Waals surface area (Å²) in [5.41, 5.74) is -0.323. The third-order valence-corrected chi connectivity index (χ3v) is 4.47. The summed E-state index contributed by atoms with van der Waals surface area (Å²) in [5.74, 6) is -3.36. The van der Waals surface area contributed by atoms with Crippen molar-refractivity contribution in [3.8, 4) is 0 Å². The number of allylic oxidation sites excluding steroid dienone is 1. The van der Waals surface area contributed by atoms with Gasteiger partial charge in [0.1, 0.15) is 16.3 Å². The lowest BCUT2D eigenvalue weighted by molar-refractivity contribution is -0.303. The molecule has 2 N–H and O–H groups in total. The number of esters is 1. The van der Waals surface area contributed by atoms with Crippen LogP contribution in [0.15, 0.2) is 46.0 Å². The fourth-order valence-corrected chi connectivity index (χ4v) is 2.97. The second-order valence-electron chi connectivity index (χ2n) is 5.54. The predicted molar refractivity (Wildman–Crippen MR) is 102 cm³/mol. The zero-order chi connectivity index (χ0) is 21.6. The first-order valence-corrected chi connectivity index (χ1v) is 9.14. The number of hydrogen-bond donors (Lipinski definition) is 2. The molecule has 0 bridgehead atoms. The van der Waals surface area contributed by atoms with Crippen LogP contribution in [-0.4, -0.2) is 34.5 Å². The van der Waals surface area contributed by atoms with E-state index in [1.54, 1.807) is 19.9 Å². The molecule has 0 aliphatic carbocycles. The molecule has 0 fully saturated rings. The highest BCUT2D eigenvalue weighted by Gasteiger charge is 2.19. The molecule has 0 atom stereocenters. The molecular formula is C18H17N4O6S-. The van der Waals surface area contributed by atoms with Gasteiger partial charge in [0.15, 0.2) is 5.13 Å². The van der Waals surface area contributed by atoms with Gasteiger partial charge < -0.3 is 14.9 Å². The number of aromatic nitrogens is 1. The van der Waals surface area contributed by atoms with Crippen molar-refractivity contribution in [3.05, 3.63) is 51.9 Å². The Morgan fingerprint density at radius 1 is 1.31 bits per heavy atom. The van der Waals surface area contributed by atoms with Crippen molar-refractivity contribution in [3.63, 3.8) is 0 Å². The lowest BCUT2D eigenvalue weighted by Crippen LogP contribution is -2.17. The van der Waals surface area contributed by atoms with Crippen LogP contribution in [-0.2, 0) is 9.53 Å². The standard InChI is InChI=1S/C18H18N4O6S/c1-4-28-17(27)14-9(2)19-18(29-14)20-15(24)13(10(3)23)22-21-12-8-6-5-7-11(12)16(25)26/h5-8,23H,4H2,1-3H3,(H,25,26)(H,19,20,24)/p-1/b13-10-,22-21?. The van der Waals surface area contributed by atoms with E-state index in [2.05, 4.69) is 20.5 Å². The maximum absolute atomic E-state index is 12.4. The van der Waals surface area contributed by atoms with Gasteiger partial charge in [0.2, 0.25) is 0 Å². The molecule has 0 radical (unpaired) electrons. The number of aryl methyl sites for hydroxylation is 1. The molecule has 0 unspecified atom stereocenters. The van der Waals surface area contributed by atoms with Crippen molar-refractivity contribution >= 4 is 40.0 Å². The molecule has 2 aromatic rings. The van der Waals surface area contributed by atoms with Crippen molar-refractivity contribution in [1.29, 1.82) is 0 Å². The number of carboxylic acid groups (broad SMARTS) is 1. The number of nitrogens with zero attached hydrogens (tertiary/aromatic N) is 3. The zero-order valence-electron chi connectivity index (χ0n) is 15.8. The van der Waals surface area contributed by atoms with Crippen LogP contribution in [0.1, 0.15) is 39.6 Å². The van der Waals surface area contributed by atoms with Gasteiger partial charge in [0.25, 0.3) is 5.91 Å². The number of carbonyl (C=O) groups is 3. The first kappa shape index (κ1) is 21.7. The Bertz CT molecular complexity index is 1010. The van der Waals surface area contributed by atoms with Gasteiger partial charge in [-0.3, -0.25) is 10.1 Å². The maximum Gasteiger partial charge on any atom is 0.350 e. The number of ether oxygens (including phenoxy) is 1. The van der Waals surface area contributed by atoms with E-state index in [0.717, 1.165) is 18.3 Å². The van der Waals surface area contributed by atoms with Crippen molar-refractivity contribution in [2.75, 3.05) is 11.9 Å². The summed E-state index contributed by atoms with van der Waals surface area (Å²) in [4.78, 5) is 39.8. The first-order valence-electron chi connectivity index (χ1n) is 8.32. The molecule has 1 aromatic carbocycles. The lowest BCUT2D eigenvalue weighted by atomic mass is 10.2. The number of carbonyl (C=O) groups excluding carboxylic acids is 2. The smallest absolute Gasteiger partial charge is 0.350 e. The number of carboxylic acids is 1. The van der Waals surface area contributed by atoms with Crippen LogP contribution in [0, 0.1) is 6.92 Å². The van der Waals surface area contributed by atoms with E-state index >= 15 is 0 Å². The molecule has 152 valence electrons. The third-order valence-electron chi connectivity index (χ3n) is 3.42. The van der Waals surface area contributed by atoms with Crippen molar-refractivity contribution in [2.24, 2.45) is 10.2 Å². The Balaban J connectivity index is 2.24. The first-order chi connectivity index (χ1) is 13.7. The minimum Gasteiger partial charge on any atom is -0.874 e. The summed E-state index contributed by atoms with van der Waals surface area (Å²) in [6, 6.07) is 5.76. The van der Waals surface area contributed by atoms with E-state index in [1.165, 1.54) is 18.2 Å². The van der Waals surface area contributed by atoms with Gasteiger partial charge in [-0.15, -0.1) is 16.0 Å². The number of anilines is 1. The maximum atomic E-state index is 12.4. The number of azo groups is 1. The van der Waals surface area contributed by atoms with Gasteiger partial charge in [-0.25, -0.2) is 14.6 Å². The van der Waals surface area contributed by atoms with E-state index in [-0.39, 0.29) is 27.9 Å². The number of rotatable bonds is 7. The molecule has 1 heterocycles. The van der Waals surface area contributed by atoms with E-state index in [4.69, 9.17) is 9.84 Å². The van der Waals surface area contributed by atoms with Crippen LogP contribution in [0.3, 0.4) is 0 Å². The monoisotopic (exact) mass is 417 g/mol. The fourth-order valence-electron chi connectivity index (χ4n) is 2.11. The molecule has 0 spiro atoms. The minimum absolute atomic E-state index is 0.0127. The second-order valence-corrected chi connectivity index (χ2v) is 6.53. The highest BCUT2D eigenvalue weighted by molar-refractivity contribution is 7.17. The molecule has 2 rings (SSSR count). The van der Waals surface area contributed by atoms with Crippen molar-refractivity contribution in [2.45, 2.75) is 20.8 Å². The van der Waals surface area contributed by atoms with Crippen LogP contribution >= 0.6 is 11.3 Å². The molecule has 10 nitrogen and oxygen atoms in total. The van der Waals surface area contributed by atoms with Crippen LogP contribution in [0.5, 0.6) is 0 Å². The van der Waals surface area contributed by atoms with Gasteiger partial charge in [-0.2, -0.15) is 0 Å². The quantitative estimate of drug-likeness (QED) is 0.304. The summed E-state index contributed by atoms with van der Waals surface area (Å²) >= 11 is 0.894. The third kappa shape index (κ3) is 5.45. The van der Waals surface area contributed by atoms with Gasteiger partial charge >= 0.3 is 11.9 Å². The lowest BCUT2D eigenvalue weighted by Gasteiger charge is -2.09. The number of hydrogen-bond acceptors (Lipinski definition) is 9. The molecule has 0 aliphatic rings. The summed E-state index contributed by atoms with van der Waals surface area (Å²) in [6.45, 7) is 4.56. The minimum atomic E-state index is -1.22. The summed E-state index contributed by atoms with van der Waals surface area (Å²) in [5, 5.41) is 30.8. The molecule has 1 aromatic heterocycles.